The number of thioether (sulfide) groups is 1. The van der Waals surface area contributed by atoms with Crippen LogP contribution in [-0.2, 0) is 14.3 Å². The second-order valence-electron chi connectivity index (χ2n) is 4.80. The maximum Gasteiger partial charge on any atom is 0.328 e. The van der Waals surface area contributed by atoms with Crippen LogP contribution < -0.4 is 4.74 Å². The zero-order valence-corrected chi connectivity index (χ0v) is 14.6. The van der Waals surface area contributed by atoms with Crippen LogP contribution in [0.3, 0.4) is 0 Å². The Hall–Kier alpha value is -2.19. The Morgan fingerprint density at radius 3 is 2.62 bits per heavy atom. The van der Waals surface area contributed by atoms with Gasteiger partial charge in [-0.05, 0) is 30.8 Å². The van der Waals surface area contributed by atoms with Gasteiger partial charge in [0.2, 0.25) is 0 Å². The maximum absolute atomic E-state index is 12.4. The van der Waals surface area contributed by atoms with Gasteiger partial charge in [0.1, 0.15) is 6.04 Å². The summed E-state index contributed by atoms with van der Waals surface area (Å²) in [6.45, 7) is 1.39. The number of hydrogen-bond donors (Lipinski definition) is 1. The van der Waals surface area contributed by atoms with E-state index in [1.54, 1.807) is 0 Å². The Bertz CT molecular complexity index is 748. The highest BCUT2D eigenvalue weighted by atomic mass is 35.5. The van der Waals surface area contributed by atoms with Crippen LogP contribution in [0.1, 0.15) is 12.5 Å². The lowest BCUT2D eigenvalue weighted by molar-refractivity contribution is -0.148. The van der Waals surface area contributed by atoms with Crippen molar-refractivity contribution in [1.82, 2.24) is 4.90 Å². The third-order valence-electron chi connectivity index (χ3n) is 3.33. The van der Waals surface area contributed by atoms with E-state index in [0.717, 1.165) is 4.90 Å². The molecular formula is C15H14ClNO6S. The van der Waals surface area contributed by atoms with E-state index in [1.165, 1.54) is 39.4 Å². The van der Waals surface area contributed by atoms with E-state index in [-0.39, 0.29) is 27.0 Å². The average molecular weight is 372 g/mol. The number of ether oxygens (including phenoxy) is 2. The Morgan fingerprint density at radius 1 is 1.38 bits per heavy atom. The second-order valence-corrected chi connectivity index (χ2v) is 6.23. The standard InChI is InChI=1S/C15H14ClNO6S/c1-7(14(20)23-3)17-13(19)11(24-15(17)21)5-8-4-9(16)6-10(22-2)12(8)18/h4-7,18H,1-3H3/b11-5-. The molecule has 0 aromatic heterocycles. The summed E-state index contributed by atoms with van der Waals surface area (Å²) in [5, 5.41) is 9.80. The summed E-state index contributed by atoms with van der Waals surface area (Å²) in [5.74, 6) is -1.43. The first kappa shape index (κ1) is 18.2. The number of esters is 1. The molecule has 7 nitrogen and oxygen atoms in total. The lowest BCUT2D eigenvalue weighted by atomic mass is 10.1. The summed E-state index contributed by atoms with van der Waals surface area (Å²) in [6.07, 6.45) is 1.32. The molecule has 1 atom stereocenters. The molecule has 2 rings (SSSR count). The van der Waals surface area contributed by atoms with Crippen molar-refractivity contribution in [3.05, 3.63) is 27.6 Å². The molecule has 1 unspecified atom stereocenters. The fraction of sp³-hybridized carbons (Fsp3) is 0.267. The fourth-order valence-electron chi connectivity index (χ4n) is 2.09. The van der Waals surface area contributed by atoms with Crippen LogP contribution in [0.5, 0.6) is 11.5 Å². The normalized spacial score (nSPS) is 17.3. The third-order valence-corrected chi connectivity index (χ3v) is 4.43. The molecule has 1 aromatic carbocycles. The van der Waals surface area contributed by atoms with Gasteiger partial charge in [-0.3, -0.25) is 14.5 Å². The van der Waals surface area contributed by atoms with E-state index >= 15 is 0 Å². The van der Waals surface area contributed by atoms with Gasteiger partial charge in [-0.25, -0.2) is 4.79 Å². The number of amides is 2. The summed E-state index contributed by atoms with van der Waals surface area (Å²) >= 11 is 6.60. The predicted octanol–water partition coefficient (Wildman–Crippen LogP) is 2.65. The van der Waals surface area contributed by atoms with Gasteiger partial charge in [0.25, 0.3) is 11.1 Å². The van der Waals surface area contributed by atoms with Crippen molar-refractivity contribution in [2.45, 2.75) is 13.0 Å². The van der Waals surface area contributed by atoms with E-state index in [4.69, 9.17) is 16.3 Å². The van der Waals surface area contributed by atoms with Crippen molar-refractivity contribution in [3.63, 3.8) is 0 Å². The van der Waals surface area contributed by atoms with Crippen LogP contribution in [0.15, 0.2) is 17.0 Å². The van der Waals surface area contributed by atoms with Crippen LogP contribution in [-0.4, -0.2) is 47.4 Å². The van der Waals surface area contributed by atoms with Gasteiger partial charge in [-0.1, -0.05) is 11.6 Å². The van der Waals surface area contributed by atoms with E-state index in [0.29, 0.717) is 11.8 Å². The molecule has 0 aliphatic carbocycles. The first-order valence-corrected chi connectivity index (χ1v) is 7.91. The number of phenols is 1. The highest BCUT2D eigenvalue weighted by Crippen LogP contribution is 2.39. The second kappa shape index (κ2) is 7.14. The largest absolute Gasteiger partial charge is 0.504 e. The number of carbonyl (C=O) groups excluding carboxylic acids is 3. The van der Waals surface area contributed by atoms with Crippen LogP contribution in [0.2, 0.25) is 5.02 Å². The summed E-state index contributed by atoms with van der Waals surface area (Å²) in [7, 11) is 2.53. The number of imide groups is 1. The molecule has 1 N–H and O–H groups in total. The molecule has 24 heavy (non-hydrogen) atoms. The molecule has 9 heteroatoms. The number of nitrogens with zero attached hydrogens (tertiary/aromatic N) is 1. The molecule has 0 spiro atoms. The molecule has 0 radical (unpaired) electrons. The maximum atomic E-state index is 12.4. The summed E-state index contributed by atoms with van der Waals surface area (Å²) in [5.41, 5.74) is 0.218. The summed E-state index contributed by atoms with van der Waals surface area (Å²) in [4.78, 5) is 36.8. The van der Waals surface area contributed by atoms with Crippen molar-refractivity contribution >= 4 is 46.6 Å². The van der Waals surface area contributed by atoms with Crippen LogP contribution in [0.4, 0.5) is 4.79 Å². The Morgan fingerprint density at radius 2 is 2.04 bits per heavy atom. The van der Waals surface area contributed by atoms with Gasteiger partial charge < -0.3 is 14.6 Å². The predicted molar refractivity (Wildman–Crippen MR) is 89.0 cm³/mol. The number of benzene rings is 1. The van der Waals surface area contributed by atoms with E-state index in [1.807, 2.05) is 0 Å². The molecule has 1 saturated heterocycles. The monoisotopic (exact) mass is 371 g/mol. The van der Waals surface area contributed by atoms with Crippen molar-refractivity contribution in [1.29, 1.82) is 0 Å². The smallest absolute Gasteiger partial charge is 0.328 e. The number of carbonyl (C=O) groups is 3. The van der Waals surface area contributed by atoms with Crippen molar-refractivity contribution in [3.8, 4) is 11.5 Å². The highest BCUT2D eigenvalue weighted by molar-refractivity contribution is 8.18. The highest BCUT2D eigenvalue weighted by Gasteiger charge is 2.41. The lowest BCUT2D eigenvalue weighted by Gasteiger charge is -2.18. The molecule has 1 aromatic rings. The topological polar surface area (TPSA) is 93.1 Å². The van der Waals surface area contributed by atoms with Crippen molar-refractivity contribution < 1.29 is 29.0 Å². The Labute approximate surface area is 147 Å². The minimum absolute atomic E-state index is 0.0513. The third kappa shape index (κ3) is 3.34. The SMILES string of the molecule is COC(=O)C(C)N1C(=O)S/C(=C\c2cc(Cl)cc(OC)c2O)C1=O. The fourth-order valence-corrected chi connectivity index (χ4v) is 3.21. The van der Waals surface area contributed by atoms with Crippen LogP contribution >= 0.6 is 23.4 Å². The van der Waals surface area contributed by atoms with Crippen LogP contribution in [0.25, 0.3) is 6.08 Å². The van der Waals surface area contributed by atoms with Gasteiger partial charge in [-0.2, -0.15) is 0 Å². The van der Waals surface area contributed by atoms with Crippen molar-refractivity contribution in [2.24, 2.45) is 0 Å². The lowest BCUT2D eigenvalue weighted by Crippen LogP contribution is -2.42. The number of hydrogen-bond acceptors (Lipinski definition) is 7. The molecular weight excluding hydrogens is 358 g/mol. The quantitative estimate of drug-likeness (QED) is 0.642. The first-order chi connectivity index (χ1) is 11.3. The van der Waals surface area contributed by atoms with Gasteiger partial charge >= 0.3 is 5.97 Å². The van der Waals surface area contributed by atoms with Crippen molar-refractivity contribution in [2.75, 3.05) is 14.2 Å². The Balaban J connectivity index is 2.39. The molecule has 0 bridgehead atoms. The van der Waals surface area contributed by atoms with E-state index in [2.05, 4.69) is 4.74 Å². The Kier molecular flexibility index (Phi) is 5.40. The molecule has 1 fully saturated rings. The number of methoxy groups -OCH3 is 2. The average Bonchev–Trinajstić information content (AvgIpc) is 2.82. The number of phenolic OH excluding ortho intramolecular Hbond substituents is 1. The molecule has 1 aliphatic heterocycles. The van der Waals surface area contributed by atoms with E-state index in [9.17, 15) is 19.5 Å². The molecule has 0 saturated carbocycles. The minimum Gasteiger partial charge on any atom is -0.504 e. The van der Waals surface area contributed by atoms with E-state index < -0.39 is 23.2 Å². The van der Waals surface area contributed by atoms with Gasteiger partial charge in [0, 0.05) is 16.7 Å². The molecule has 1 heterocycles. The summed E-state index contributed by atoms with van der Waals surface area (Å²) < 4.78 is 9.54. The minimum atomic E-state index is -1.05. The molecule has 1 aliphatic rings. The molecule has 128 valence electrons. The van der Waals surface area contributed by atoms with Gasteiger partial charge in [-0.15, -0.1) is 0 Å². The summed E-state index contributed by atoms with van der Waals surface area (Å²) in [6, 6.07) is 1.80. The zero-order chi connectivity index (χ0) is 18.0. The zero-order valence-electron chi connectivity index (χ0n) is 13.0. The molecule has 2 amide bonds. The number of rotatable bonds is 4. The number of halogens is 1. The first-order valence-electron chi connectivity index (χ1n) is 6.71. The van der Waals surface area contributed by atoms with Gasteiger partial charge in [0.15, 0.2) is 11.5 Å². The van der Waals surface area contributed by atoms with Gasteiger partial charge in [0.05, 0.1) is 19.1 Å². The van der Waals surface area contributed by atoms with Crippen LogP contribution in [0, 0.1) is 0 Å². The number of aromatic hydroxyl groups is 1.